The molecule has 0 aliphatic heterocycles. The minimum atomic E-state index is -4.55. The maximum absolute atomic E-state index is 13.0. The number of fused-ring (bicyclic) bond motifs is 1. The van der Waals surface area contributed by atoms with Gasteiger partial charge in [-0.25, -0.2) is 0 Å². The van der Waals surface area contributed by atoms with Crippen LogP contribution in [0.2, 0.25) is 0 Å². The molecule has 2 heterocycles. The van der Waals surface area contributed by atoms with Crippen LogP contribution in [-0.2, 0) is 41.6 Å². The Kier molecular flexibility index (Phi) is 5.01. The summed E-state index contributed by atoms with van der Waals surface area (Å²) in [5, 5.41) is 9.55. The Morgan fingerprint density at radius 1 is 1.42 bits per heavy atom. The molecule has 0 saturated carbocycles. The molecular formula is C16H19F3N4O3. The van der Waals surface area contributed by atoms with Gasteiger partial charge >= 0.3 is 12.1 Å². The normalized spacial score (nSPS) is 17.4. The van der Waals surface area contributed by atoms with Gasteiger partial charge < -0.3 is 9.26 Å². The van der Waals surface area contributed by atoms with Crippen molar-refractivity contribution in [3.63, 3.8) is 0 Å². The summed E-state index contributed by atoms with van der Waals surface area (Å²) in [6.07, 6.45) is -3.25. The Morgan fingerprint density at radius 3 is 2.88 bits per heavy atom. The van der Waals surface area contributed by atoms with E-state index < -0.39 is 23.8 Å². The molecule has 10 heteroatoms. The van der Waals surface area contributed by atoms with Crippen LogP contribution in [-0.4, -0.2) is 26.3 Å². The molecule has 1 N–H and O–H groups in total. The van der Waals surface area contributed by atoms with Gasteiger partial charge in [-0.15, -0.1) is 0 Å². The number of H-pyrrole nitrogens is 1. The lowest BCUT2D eigenvalue weighted by molar-refractivity contribution is -0.152. The van der Waals surface area contributed by atoms with Crippen molar-refractivity contribution in [2.45, 2.75) is 52.3 Å². The lowest BCUT2D eigenvalue weighted by atomic mass is 9.86. The van der Waals surface area contributed by atoms with Crippen molar-refractivity contribution < 1.29 is 27.2 Å². The van der Waals surface area contributed by atoms with Gasteiger partial charge in [0.25, 0.3) is 5.89 Å². The fraction of sp³-hybridized carbons (Fsp3) is 0.625. The van der Waals surface area contributed by atoms with Crippen molar-refractivity contribution in [2.75, 3.05) is 0 Å². The molecule has 0 spiro atoms. The molecule has 1 atom stereocenters. The summed E-state index contributed by atoms with van der Waals surface area (Å²) in [6, 6.07) is 0. The summed E-state index contributed by atoms with van der Waals surface area (Å²) in [4.78, 5) is 16.3. The number of rotatable bonds is 5. The molecule has 0 unspecified atom stereocenters. The summed E-state index contributed by atoms with van der Waals surface area (Å²) >= 11 is 0. The van der Waals surface area contributed by atoms with E-state index in [9.17, 15) is 18.0 Å². The number of aromatic amines is 1. The van der Waals surface area contributed by atoms with Gasteiger partial charge in [0.1, 0.15) is 0 Å². The maximum atomic E-state index is 13.0. The zero-order valence-electron chi connectivity index (χ0n) is 14.4. The van der Waals surface area contributed by atoms with Crippen LogP contribution in [0.3, 0.4) is 0 Å². The number of aromatic nitrogens is 4. The Balaban J connectivity index is 1.59. The first-order valence-corrected chi connectivity index (χ1v) is 8.35. The molecule has 3 rings (SSSR count). The van der Waals surface area contributed by atoms with Crippen LogP contribution in [0.1, 0.15) is 48.9 Å². The molecule has 2 aromatic rings. The molecule has 1 aliphatic rings. The third kappa shape index (κ3) is 4.05. The van der Waals surface area contributed by atoms with E-state index in [1.807, 2.05) is 13.8 Å². The van der Waals surface area contributed by atoms with Crippen LogP contribution in [0.25, 0.3) is 0 Å². The quantitative estimate of drug-likeness (QED) is 0.811. The van der Waals surface area contributed by atoms with Gasteiger partial charge in [0.2, 0.25) is 0 Å². The van der Waals surface area contributed by atoms with Crippen molar-refractivity contribution in [3.05, 3.63) is 28.7 Å². The number of carbonyl (C=O) groups excluding carboxylic acids is 1. The highest BCUT2D eigenvalue weighted by molar-refractivity contribution is 5.73. The predicted octanol–water partition coefficient (Wildman–Crippen LogP) is 2.86. The Bertz CT molecular complexity index is 782. The van der Waals surface area contributed by atoms with Gasteiger partial charge in [-0.3, -0.25) is 9.89 Å². The minimum absolute atomic E-state index is 0.0442. The fourth-order valence-corrected chi connectivity index (χ4v) is 2.98. The molecule has 7 nitrogen and oxygen atoms in total. The fourth-order valence-electron chi connectivity index (χ4n) is 2.98. The minimum Gasteiger partial charge on any atom is -0.455 e. The third-order valence-electron chi connectivity index (χ3n) is 4.19. The zero-order chi connectivity index (χ0) is 18.9. The summed E-state index contributed by atoms with van der Waals surface area (Å²) < 4.78 is 49.1. The number of ether oxygens (including phenoxy) is 1. The highest BCUT2D eigenvalue weighted by Crippen LogP contribution is 2.36. The zero-order valence-corrected chi connectivity index (χ0v) is 14.4. The molecule has 142 valence electrons. The van der Waals surface area contributed by atoms with Gasteiger partial charge in [-0.2, -0.15) is 23.3 Å². The summed E-state index contributed by atoms with van der Waals surface area (Å²) in [5.41, 5.74) is -0.487. The van der Waals surface area contributed by atoms with E-state index >= 15 is 0 Å². The molecule has 26 heavy (non-hydrogen) atoms. The number of alkyl halides is 3. The van der Waals surface area contributed by atoms with Gasteiger partial charge in [-0.05, 0) is 25.2 Å². The number of hydrogen-bond acceptors (Lipinski definition) is 6. The Hall–Kier alpha value is -2.39. The van der Waals surface area contributed by atoms with Crippen LogP contribution in [0.5, 0.6) is 0 Å². The molecule has 0 fully saturated rings. The lowest BCUT2D eigenvalue weighted by Gasteiger charge is -2.21. The second-order valence-electron chi connectivity index (χ2n) is 6.78. The molecule has 0 aromatic carbocycles. The van der Waals surface area contributed by atoms with Crippen LogP contribution in [0.15, 0.2) is 4.52 Å². The number of esters is 1. The number of nitrogens with zero attached hydrogens (tertiary/aromatic N) is 3. The second kappa shape index (κ2) is 7.08. The van der Waals surface area contributed by atoms with Crippen molar-refractivity contribution in [1.29, 1.82) is 0 Å². The monoisotopic (exact) mass is 372 g/mol. The van der Waals surface area contributed by atoms with Crippen molar-refractivity contribution in [1.82, 2.24) is 20.3 Å². The van der Waals surface area contributed by atoms with Gasteiger partial charge in [0.15, 0.2) is 18.1 Å². The van der Waals surface area contributed by atoms with E-state index in [-0.39, 0.29) is 24.5 Å². The molecule has 0 bridgehead atoms. The highest BCUT2D eigenvalue weighted by Gasteiger charge is 2.40. The van der Waals surface area contributed by atoms with E-state index in [2.05, 4.69) is 20.3 Å². The third-order valence-corrected chi connectivity index (χ3v) is 4.19. The molecule has 1 aliphatic carbocycles. The molecule has 0 amide bonds. The topological polar surface area (TPSA) is 93.9 Å². The Labute approximate surface area is 147 Å². The standard InChI is InChI=1S/C16H19F3N4O3/c1-8(2)5-12-20-13(26-23-12)7-25-15(24)9-3-4-11-10(6-9)14(22-21-11)16(17,18)19/h8-9H,3-7H2,1-2H3,(H,21,22)/t9-/m0/s1. The largest absolute Gasteiger partial charge is 0.455 e. The molecule has 0 radical (unpaired) electrons. The van der Waals surface area contributed by atoms with E-state index in [0.29, 0.717) is 36.7 Å². The molecule has 2 aromatic heterocycles. The average molecular weight is 372 g/mol. The highest BCUT2D eigenvalue weighted by atomic mass is 19.4. The number of aryl methyl sites for hydroxylation is 1. The first-order valence-electron chi connectivity index (χ1n) is 8.35. The molecule has 0 saturated heterocycles. The maximum Gasteiger partial charge on any atom is 0.435 e. The van der Waals surface area contributed by atoms with E-state index in [1.165, 1.54) is 0 Å². The van der Waals surface area contributed by atoms with Crippen molar-refractivity contribution in [2.24, 2.45) is 11.8 Å². The van der Waals surface area contributed by atoms with Crippen molar-refractivity contribution in [3.8, 4) is 0 Å². The van der Waals surface area contributed by atoms with Gasteiger partial charge in [0, 0.05) is 17.7 Å². The number of hydrogen-bond donors (Lipinski definition) is 1. The van der Waals surface area contributed by atoms with Crippen LogP contribution in [0.4, 0.5) is 13.2 Å². The second-order valence-corrected chi connectivity index (χ2v) is 6.78. The number of carbonyl (C=O) groups is 1. The molecular weight excluding hydrogens is 353 g/mol. The van der Waals surface area contributed by atoms with E-state index in [4.69, 9.17) is 9.26 Å². The first-order chi connectivity index (χ1) is 12.2. The van der Waals surface area contributed by atoms with Crippen LogP contribution in [0, 0.1) is 11.8 Å². The SMILES string of the molecule is CC(C)Cc1noc(COC(=O)[C@H]2CCc3[nH]nc(C(F)(F)F)c3C2)n1. The summed E-state index contributed by atoms with van der Waals surface area (Å²) in [5.74, 6) is -0.170. The van der Waals surface area contributed by atoms with E-state index in [0.717, 1.165) is 0 Å². The first kappa shape index (κ1) is 18.4. The van der Waals surface area contributed by atoms with E-state index in [1.54, 1.807) is 0 Å². The summed E-state index contributed by atoms with van der Waals surface area (Å²) in [6.45, 7) is 3.84. The van der Waals surface area contributed by atoms with Crippen LogP contribution < -0.4 is 0 Å². The lowest BCUT2D eigenvalue weighted by Crippen LogP contribution is -2.25. The predicted molar refractivity (Wildman–Crippen MR) is 81.7 cm³/mol. The smallest absolute Gasteiger partial charge is 0.435 e. The van der Waals surface area contributed by atoms with Crippen molar-refractivity contribution >= 4 is 5.97 Å². The number of nitrogens with one attached hydrogen (secondary N) is 1. The summed E-state index contributed by atoms with van der Waals surface area (Å²) in [7, 11) is 0. The van der Waals surface area contributed by atoms with Gasteiger partial charge in [0.05, 0.1) is 5.92 Å². The van der Waals surface area contributed by atoms with Crippen LogP contribution >= 0.6 is 0 Å². The van der Waals surface area contributed by atoms with Gasteiger partial charge in [-0.1, -0.05) is 19.0 Å². The number of halogens is 3. The Morgan fingerprint density at radius 2 is 2.19 bits per heavy atom. The average Bonchev–Trinajstić information content (AvgIpc) is 3.17.